The molecule has 2 N–H and O–H groups in total. The smallest absolute Gasteiger partial charge is 0.135 e. The third kappa shape index (κ3) is 9.46. The maximum atomic E-state index is 10.4. The van der Waals surface area contributed by atoms with Crippen LogP contribution in [0.4, 0.5) is 0 Å². The molecular formula is C9H19NO3. The van der Waals surface area contributed by atoms with Gasteiger partial charge in [-0.15, -0.1) is 0 Å². The van der Waals surface area contributed by atoms with Crippen molar-refractivity contribution in [2.24, 2.45) is 0 Å². The van der Waals surface area contributed by atoms with Gasteiger partial charge < -0.3 is 5.32 Å². The van der Waals surface area contributed by atoms with Crippen molar-refractivity contribution in [3.63, 3.8) is 0 Å². The zero-order chi connectivity index (χ0) is 10.3. The maximum Gasteiger partial charge on any atom is 0.135 e. The molecule has 0 spiro atoms. The number of nitrogens with one attached hydrogen (secondary N) is 1. The Morgan fingerprint density at radius 2 is 1.69 bits per heavy atom. The first-order chi connectivity index (χ1) is 5.95. The van der Waals surface area contributed by atoms with Crippen molar-refractivity contribution in [2.45, 2.75) is 39.2 Å². The van der Waals surface area contributed by atoms with Crippen LogP contribution >= 0.6 is 0 Å². The molecule has 0 aromatic rings. The summed E-state index contributed by atoms with van der Waals surface area (Å²) in [5, 5.41) is 11.0. The molecule has 0 saturated carbocycles. The van der Waals surface area contributed by atoms with Gasteiger partial charge in [-0.3, -0.25) is 10.1 Å². The molecule has 0 aromatic heterocycles. The molecule has 1 fully saturated rings. The van der Waals surface area contributed by atoms with Crippen LogP contribution < -0.4 is 5.32 Å². The average molecular weight is 189 g/mol. The van der Waals surface area contributed by atoms with Crippen molar-refractivity contribution in [1.82, 2.24) is 5.32 Å². The molecule has 0 aromatic carbocycles. The van der Waals surface area contributed by atoms with Crippen LogP contribution in [-0.2, 0) is 9.68 Å². The predicted octanol–water partition coefficient (Wildman–Crippen LogP) is 1.21. The summed E-state index contributed by atoms with van der Waals surface area (Å²) in [5.41, 5.74) is -0.403. The third-order valence-corrected chi connectivity index (χ3v) is 1.44. The summed E-state index contributed by atoms with van der Waals surface area (Å²) >= 11 is 0. The van der Waals surface area contributed by atoms with Crippen LogP contribution in [0.2, 0.25) is 0 Å². The van der Waals surface area contributed by atoms with Gasteiger partial charge >= 0.3 is 0 Å². The lowest BCUT2D eigenvalue weighted by atomic mass is 10.1. The lowest BCUT2D eigenvalue weighted by Crippen LogP contribution is -2.27. The van der Waals surface area contributed by atoms with E-state index in [1.54, 1.807) is 20.8 Å². The first kappa shape index (κ1) is 12.6. The average Bonchev–Trinajstić information content (AvgIpc) is 2.06. The monoisotopic (exact) mass is 189 g/mol. The van der Waals surface area contributed by atoms with Crippen molar-refractivity contribution in [2.75, 3.05) is 13.1 Å². The van der Waals surface area contributed by atoms with Crippen molar-refractivity contribution < 1.29 is 14.9 Å². The van der Waals surface area contributed by atoms with Crippen LogP contribution in [0.3, 0.4) is 0 Å². The Balaban J connectivity index is 0.000000226. The molecule has 0 unspecified atom stereocenters. The fraction of sp³-hybridized carbons (Fsp3) is 0.889. The summed E-state index contributed by atoms with van der Waals surface area (Å²) in [7, 11) is 0. The van der Waals surface area contributed by atoms with E-state index in [9.17, 15) is 4.79 Å². The van der Waals surface area contributed by atoms with E-state index in [0.717, 1.165) is 25.9 Å². The van der Waals surface area contributed by atoms with Crippen molar-refractivity contribution in [3.8, 4) is 0 Å². The van der Waals surface area contributed by atoms with Gasteiger partial charge in [-0.05, 0) is 20.8 Å². The Morgan fingerprint density at radius 3 is 1.85 bits per heavy atom. The summed E-state index contributed by atoms with van der Waals surface area (Å²) in [6.45, 7) is 7.09. The van der Waals surface area contributed by atoms with E-state index in [1.165, 1.54) is 0 Å². The van der Waals surface area contributed by atoms with Crippen LogP contribution in [0.15, 0.2) is 0 Å². The molecule has 0 bridgehead atoms. The van der Waals surface area contributed by atoms with Crippen LogP contribution in [-0.4, -0.2) is 29.7 Å². The zero-order valence-electron chi connectivity index (χ0n) is 8.59. The molecule has 1 heterocycles. The Kier molecular flexibility index (Phi) is 5.86. The molecule has 0 radical (unpaired) electrons. The fourth-order valence-corrected chi connectivity index (χ4v) is 0.706. The van der Waals surface area contributed by atoms with Crippen LogP contribution in [0, 0.1) is 0 Å². The number of piperidine rings is 1. The largest absolute Gasteiger partial charge is 0.316 e. The van der Waals surface area contributed by atoms with Gasteiger partial charge in [0.25, 0.3) is 0 Å². The molecule has 78 valence electrons. The van der Waals surface area contributed by atoms with Gasteiger partial charge in [0.1, 0.15) is 5.78 Å². The molecular weight excluding hydrogens is 170 g/mol. The fourth-order valence-electron chi connectivity index (χ4n) is 0.706. The topological polar surface area (TPSA) is 58.6 Å². The van der Waals surface area contributed by atoms with Gasteiger partial charge in [0, 0.05) is 25.9 Å². The minimum Gasteiger partial charge on any atom is -0.316 e. The highest BCUT2D eigenvalue weighted by molar-refractivity contribution is 5.79. The zero-order valence-corrected chi connectivity index (χ0v) is 8.59. The number of Topliss-reactive ketones (excluding diaryl/α,β-unsaturated/α-hetero) is 1. The number of carbonyl (C=O) groups excluding carboxylic acids is 1. The Morgan fingerprint density at radius 1 is 1.31 bits per heavy atom. The first-order valence-electron chi connectivity index (χ1n) is 4.51. The number of rotatable bonds is 0. The van der Waals surface area contributed by atoms with Crippen LogP contribution in [0.25, 0.3) is 0 Å². The standard InChI is InChI=1S/C5H9NO.C4H10O2/c7-5-1-3-6-4-2-5;1-4(2,3)6-5/h6H,1-4H2;5H,1-3H3. The number of hydrogen-bond acceptors (Lipinski definition) is 4. The molecule has 0 amide bonds. The number of carbonyl (C=O) groups is 1. The van der Waals surface area contributed by atoms with E-state index in [1.807, 2.05) is 0 Å². The Hall–Kier alpha value is -0.450. The molecule has 1 saturated heterocycles. The van der Waals surface area contributed by atoms with Gasteiger partial charge in [-0.25, -0.2) is 4.89 Å². The second kappa shape index (κ2) is 6.07. The van der Waals surface area contributed by atoms with Gasteiger partial charge in [0.05, 0.1) is 5.60 Å². The van der Waals surface area contributed by atoms with E-state index in [4.69, 9.17) is 5.26 Å². The van der Waals surface area contributed by atoms with Gasteiger partial charge in [0.15, 0.2) is 0 Å². The lowest BCUT2D eigenvalue weighted by Gasteiger charge is -2.10. The lowest BCUT2D eigenvalue weighted by molar-refractivity contribution is -0.306. The molecule has 4 heteroatoms. The molecule has 4 nitrogen and oxygen atoms in total. The summed E-state index contributed by atoms with van der Waals surface area (Å²) in [6.07, 6.45) is 1.47. The third-order valence-electron chi connectivity index (χ3n) is 1.44. The summed E-state index contributed by atoms with van der Waals surface area (Å²) < 4.78 is 0. The normalized spacial score (nSPS) is 17.7. The van der Waals surface area contributed by atoms with Crippen molar-refractivity contribution >= 4 is 5.78 Å². The van der Waals surface area contributed by atoms with Crippen molar-refractivity contribution in [1.29, 1.82) is 0 Å². The van der Waals surface area contributed by atoms with Crippen molar-refractivity contribution in [3.05, 3.63) is 0 Å². The summed E-state index contributed by atoms with van der Waals surface area (Å²) in [6, 6.07) is 0. The Bertz CT molecular complexity index is 143. The summed E-state index contributed by atoms with van der Waals surface area (Å²) in [5.74, 6) is 0.402. The highest BCUT2D eigenvalue weighted by Gasteiger charge is 2.07. The highest BCUT2D eigenvalue weighted by Crippen LogP contribution is 2.01. The molecule has 0 atom stereocenters. The maximum absolute atomic E-state index is 10.4. The quantitative estimate of drug-likeness (QED) is 0.444. The first-order valence-corrected chi connectivity index (χ1v) is 4.51. The molecule has 1 aliphatic heterocycles. The van der Waals surface area contributed by atoms with Gasteiger partial charge in [0.2, 0.25) is 0 Å². The van der Waals surface area contributed by atoms with E-state index in [2.05, 4.69) is 10.2 Å². The van der Waals surface area contributed by atoms with E-state index >= 15 is 0 Å². The highest BCUT2D eigenvalue weighted by atomic mass is 17.1. The minimum atomic E-state index is -0.403. The van der Waals surface area contributed by atoms with Gasteiger partial charge in [-0.2, -0.15) is 0 Å². The van der Waals surface area contributed by atoms with E-state index in [0.29, 0.717) is 5.78 Å². The predicted molar refractivity (Wildman–Crippen MR) is 50.6 cm³/mol. The van der Waals surface area contributed by atoms with E-state index in [-0.39, 0.29) is 0 Å². The van der Waals surface area contributed by atoms with Crippen LogP contribution in [0.1, 0.15) is 33.6 Å². The second-order valence-corrected chi connectivity index (χ2v) is 3.99. The molecule has 1 aliphatic rings. The van der Waals surface area contributed by atoms with Gasteiger partial charge in [-0.1, -0.05) is 0 Å². The Labute approximate surface area is 79.2 Å². The number of hydrogen-bond donors (Lipinski definition) is 2. The molecule has 13 heavy (non-hydrogen) atoms. The summed E-state index contributed by atoms with van der Waals surface area (Å²) in [4.78, 5) is 14.4. The minimum absolute atomic E-state index is 0.402. The second-order valence-electron chi connectivity index (χ2n) is 3.99. The van der Waals surface area contributed by atoms with E-state index < -0.39 is 5.60 Å². The number of ketones is 1. The SMILES string of the molecule is CC(C)(C)OO.O=C1CCNCC1. The van der Waals surface area contributed by atoms with Crippen LogP contribution in [0.5, 0.6) is 0 Å². The molecule has 0 aliphatic carbocycles. The molecule has 1 rings (SSSR count).